The van der Waals surface area contributed by atoms with Crippen molar-refractivity contribution < 1.29 is 14.3 Å². The predicted octanol–water partition coefficient (Wildman–Crippen LogP) is 3.42. The Hall–Kier alpha value is -1.60. The lowest BCUT2D eigenvalue weighted by molar-refractivity contribution is -0.144. The smallest absolute Gasteiger partial charge is 0.323 e. The molecule has 0 radical (unpaired) electrons. The Balaban J connectivity index is 0.000000313. The van der Waals surface area contributed by atoms with Crippen LogP contribution in [-0.4, -0.2) is 25.7 Å². The number of methoxy groups -OCH3 is 1. The van der Waals surface area contributed by atoms with Crippen LogP contribution in [0.2, 0.25) is 0 Å². The number of halogens is 1. The lowest BCUT2D eigenvalue weighted by Crippen LogP contribution is -2.34. The van der Waals surface area contributed by atoms with Gasteiger partial charge in [0.15, 0.2) is 0 Å². The fourth-order valence-corrected chi connectivity index (χ4v) is 2.18. The highest BCUT2D eigenvalue weighted by Crippen LogP contribution is 2.12. The van der Waals surface area contributed by atoms with E-state index < -0.39 is 6.04 Å². The van der Waals surface area contributed by atoms with Crippen LogP contribution >= 0.6 is 22.6 Å². The second-order valence-corrected chi connectivity index (χ2v) is 5.95. The maximum Gasteiger partial charge on any atom is 0.323 e. The largest absolute Gasteiger partial charge is 0.497 e. The minimum Gasteiger partial charge on any atom is -0.497 e. The van der Waals surface area contributed by atoms with Crippen LogP contribution in [0.5, 0.6) is 5.75 Å². The Morgan fingerprint density at radius 1 is 1.13 bits per heavy atom. The molecule has 1 unspecified atom stereocenters. The van der Waals surface area contributed by atoms with Gasteiger partial charge in [-0.1, -0.05) is 30.3 Å². The van der Waals surface area contributed by atoms with Gasteiger partial charge in [-0.05, 0) is 65.8 Å². The molecule has 0 aliphatic rings. The number of esters is 1. The van der Waals surface area contributed by atoms with E-state index >= 15 is 0 Å². The van der Waals surface area contributed by atoms with Crippen LogP contribution < -0.4 is 10.5 Å². The minimum atomic E-state index is -0.603. The summed E-state index contributed by atoms with van der Waals surface area (Å²) in [6, 6.07) is 17.1. The van der Waals surface area contributed by atoms with Crippen LogP contribution in [0, 0.1) is 3.57 Å². The first-order valence-electron chi connectivity index (χ1n) is 7.32. The van der Waals surface area contributed by atoms with E-state index in [1.54, 1.807) is 14.0 Å². The molecule has 0 saturated heterocycles. The molecule has 0 aliphatic carbocycles. The summed E-state index contributed by atoms with van der Waals surface area (Å²) in [7, 11) is 1.61. The summed E-state index contributed by atoms with van der Waals surface area (Å²) >= 11 is 2.28. The predicted molar refractivity (Wildman–Crippen MR) is 100 cm³/mol. The molecule has 4 nitrogen and oxygen atoms in total. The van der Waals surface area contributed by atoms with Crippen molar-refractivity contribution in [2.45, 2.75) is 19.4 Å². The van der Waals surface area contributed by atoms with Crippen LogP contribution in [0.1, 0.15) is 12.5 Å². The summed E-state index contributed by atoms with van der Waals surface area (Å²) in [4.78, 5) is 11.3. The van der Waals surface area contributed by atoms with Gasteiger partial charge in [0.25, 0.3) is 0 Å². The van der Waals surface area contributed by atoms with Crippen molar-refractivity contribution in [2.24, 2.45) is 5.73 Å². The van der Waals surface area contributed by atoms with Crippen molar-refractivity contribution in [3.63, 3.8) is 0 Å². The molecule has 2 aromatic carbocycles. The van der Waals surface area contributed by atoms with Gasteiger partial charge in [0.1, 0.15) is 11.8 Å². The van der Waals surface area contributed by atoms with Crippen molar-refractivity contribution in [1.29, 1.82) is 0 Å². The zero-order valence-corrected chi connectivity index (χ0v) is 15.5. The maximum atomic E-state index is 11.3. The van der Waals surface area contributed by atoms with Crippen molar-refractivity contribution in [3.05, 3.63) is 63.7 Å². The van der Waals surface area contributed by atoms with Gasteiger partial charge in [0.2, 0.25) is 0 Å². The first-order chi connectivity index (χ1) is 11.1. The molecule has 0 aliphatic heterocycles. The van der Waals surface area contributed by atoms with Crippen LogP contribution in [0.4, 0.5) is 0 Å². The normalized spacial score (nSPS) is 11.0. The quantitative estimate of drug-likeness (QED) is 0.587. The summed E-state index contributed by atoms with van der Waals surface area (Å²) < 4.78 is 11.2. The van der Waals surface area contributed by atoms with Crippen molar-refractivity contribution in [1.82, 2.24) is 0 Å². The molecular formula is C18H22INO3. The molecule has 124 valence electrons. The number of hydrogen-bond acceptors (Lipinski definition) is 4. The van der Waals surface area contributed by atoms with Gasteiger partial charge in [-0.15, -0.1) is 0 Å². The summed E-state index contributed by atoms with van der Waals surface area (Å²) in [6.07, 6.45) is 0.475. The van der Waals surface area contributed by atoms with Gasteiger partial charge in [-0.2, -0.15) is 0 Å². The fraction of sp³-hybridized carbons (Fsp3) is 0.278. The van der Waals surface area contributed by atoms with Gasteiger partial charge < -0.3 is 15.2 Å². The van der Waals surface area contributed by atoms with E-state index in [0.717, 1.165) is 11.3 Å². The average Bonchev–Trinajstić information content (AvgIpc) is 2.57. The second-order valence-electron chi connectivity index (χ2n) is 4.71. The SMILES string of the molecule is CCOC(=O)C(N)Cc1ccc(OC)cc1.Ic1ccccc1. The lowest BCUT2D eigenvalue weighted by atomic mass is 10.1. The number of ether oxygens (including phenoxy) is 2. The summed E-state index contributed by atoms with van der Waals surface area (Å²) in [6.45, 7) is 2.12. The van der Waals surface area contributed by atoms with E-state index in [1.165, 1.54) is 3.57 Å². The van der Waals surface area contributed by atoms with Gasteiger partial charge in [-0.3, -0.25) is 4.79 Å². The van der Waals surface area contributed by atoms with E-state index in [2.05, 4.69) is 34.7 Å². The van der Waals surface area contributed by atoms with Gasteiger partial charge in [0, 0.05) is 3.57 Å². The second kappa shape index (κ2) is 11.0. The molecule has 23 heavy (non-hydrogen) atoms. The molecule has 1 atom stereocenters. The van der Waals surface area contributed by atoms with Crippen molar-refractivity contribution >= 4 is 28.6 Å². The van der Waals surface area contributed by atoms with Crippen LogP contribution in [0.25, 0.3) is 0 Å². The van der Waals surface area contributed by atoms with E-state index in [1.807, 2.05) is 42.5 Å². The number of hydrogen-bond donors (Lipinski definition) is 1. The Morgan fingerprint density at radius 2 is 1.74 bits per heavy atom. The van der Waals surface area contributed by atoms with Crippen LogP contribution in [0.15, 0.2) is 54.6 Å². The van der Waals surface area contributed by atoms with E-state index in [4.69, 9.17) is 15.2 Å². The third-order valence-electron chi connectivity index (χ3n) is 2.94. The molecule has 0 aromatic heterocycles. The molecule has 2 aromatic rings. The monoisotopic (exact) mass is 427 g/mol. The summed E-state index contributed by atoms with van der Waals surface area (Å²) in [5, 5.41) is 0. The highest BCUT2D eigenvalue weighted by atomic mass is 127. The van der Waals surface area contributed by atoms with E-state index in [-0.39, 0.29) is 5.97 Å². The number of nitrogens with two attached hydrogens (primary N) is 1. The maximum absolute atomic E-state index is 11.3. The van der Waals surface area contributed by atoms with Crippen molar-refractivity contribution in [2.75, 3.05) is 13.7 Å². The average molecular weight is 427 g/mol. The molecule has 0 spiro atoms. The van der Waals surface area contributed by atoms with Crippen LogP contribution in [-0.2, 0) is 16.0 Å². The number of benzene rings is 2. The van der Waals surface area contributed by atoms with Gasteiger partial charge in [-0.25, -0.2) is 0 Å². The molecule has 2 N–H and O–H groups in total. The fourth-order valence-electron chi connectivity index (χ4n) is 1.76. The topological polar surface area (TPSA) is 61.5 Å². The number of rotatable bonds is 5. The van der Waals surface area contributed by atoms with E-state index in [9.17, 15) is 4.79 Å². The molecule has 5 heteroatoms. The summed E-state index contributed by atoms with van der Waals surface area (Å²) in [5.41, 5.74) is 6.69. The summed E-state index contributed by atoms with van der Waals surface area (Å²) in [5.74, 6) is 0.423. The minimum absolute atomic E-state index is 0.356. The van der Waals surface area contributed by atoms with Crippen LogP contribution in [0.3, 0.4) is 0 Å². The molecule has 0 amide bonds. The highest BCUT2D eigenvalue weighted by Gasteiger charge is 2.14. The zero-order valence-electron chi connectivity index (χ0n) is 13.4. The first kappa shape index (κ1) is 19.4. The van der Waals surface area contributed by atoms with Gasteiger partial charge in [0.05, 0.1) is 13.7 Å². The highest BCUT2D eigenvalue weighted by molar-refractivity contribution is 14.1. The zero-order chi connectivity index (χ0) is 17.1. The standard InChI is InChI=1S/C12H17NO3.C6H5I/c1-3-16-12(14)11(13)8-9-4-6-10(15-2)7-5-9;7-6-4-2-1-3-5-6/h4-7,11H,3,8,13H2,1-2H3;1-5H. The molecule has 0 fully saturated rings. The lowest BCUT2D eigenvalue weighted by Gasteiger charge is -2.10. The molecule has 2 rings (SSSR count). The number of carbonyl (C=O) groups is 1. The van der Waals surface area contributed by atoms with Gasteiger partial charge >= 0.3 is 5.97 Å². The third-order valence-corrected chi connectivity index (χ3v) is 3.66. The molecular weight excluding hydrogens is 405 g/mol. The Morgan fingerprint density at radius 3 is 2.17 bits per heavy atom. The third kappa shape index (κ3) is 7.99. The Kier molecular flexibility index (Phi) is 9.31. The Labute approximate surface area is 151 Å². The number of carbonyl (C=O) groups excluding carboxylic acids is 1. The van der Waals surface area contributed by atoms with E-state index in [0.29, 0.717) is 13.0 Å². The molecule has 0 bridgehead atoms. The molecule has 0 saturated carbocycles. The molecule has 0 heterocycles. The first-order valence-corrected chi connectivity index (χ1v) is 8.40. The van der Waals surface area contributed by atoms with Crippen molar-refractivity contribution in [3.8, 4) is 5.75 Å². The Bertz CT molecular complexity index is 573.